The van der Waals surface area contributed by atoms with Gasteiger partial charge in [-0.15, -0.1) is 0 Å². The Morgan fingerprint density at radius 1 is 1.15 bits per heavy atom. The van der Waals surface area contributed by atoms with Crippen LogP contribution in [-0.2, 0) is 19.6 Å². The van der Waals surface area contributed by atoms with Gasteiger partial charge in [-0.25, -0.2) is 8.42 Å². The summed E-state index contributed by atoms with van der Waals surface area (Å²) in [6, 6.07) is 5.45. The molecule has 5 nitrogen and oxygen atoms in total. The SMILES string of the molecule is CCOC(=O)CN(c1cc(C)cc(C)c1)S(=O)(=O)CC. The molecule has 1 aromatic carbocycles. The van der Waals surface area contributed by atoms with E-state index in [0.717, 1.165) is 15.4 Å². The van der Waals surface area contributed by atoms with Crippen LogP contribution in [0.5, 0.6) is 0 Å². The smallest absolute Gasteiger partial charge is 0.326 e. The summed E-state index contributed by atoms with van der Waals surface area (Å²) < 4.78 is 30.3. The second kappa shape index (κ2) is 6.74. The minimum absolute atomic E-state index is 0.0700. The molecule has 0 amide bonds. The van der Waals surface area contributed by atoms with Gasteiger partial charge in [-0.05, 0) is 51.0 Å². The molecule has 112 valence electrons. The van der Waals surface area contributed by atoms with E-state index in [0.29, 0.717) is 5.69 Å². The Morgan fingerprint density at radius 3 is 2.15 bits per heavy atom. The number of nitrogens with zero attached hydrogens (tertiary/aromatic N) is 1. The predicted molar refractivity (Wildman–Crippen MR) is 79.4 cm³/mol. The molecule has 0 saturated heterocycles. The van der Waals surface area contributed by atoms with E-state index in [2.05, 4.69) is 0 Å². The Kier molecular flexibility index (Phi) is 5.56. The van der Waals surface area contributed by atoms with Crippen molar-refractivity contribution in [2.75, 3.05) is 23.2 Å². The molecule has 1 aromatic rings. The normalized spacial score (nSPS) is 11.2. The van der Waals surface area contributed by atoms with Gasteiger partial charge < -0.3 is 4.74 Å². The van der Waals surface area contributed by atoms with E-state index in [9.17, 15) is 13.2 Å². The summed E-state index contributed by atoms with van der Waals surface area (Å²) in [5, 5.41) is 0. The van der Waals surface area contributed by atoms with Crippen molar-refractivity contribution in [2.24, 2.45) is 0 Å². The van der Waals surface area contributed by atoms with Crippen LogP contribution < -0.4 is 4.31 Å². The highest BCUT2D eigenvalue weighted by molar-refractivity contribution is 7.92. The van der Waals surface area contributed by atoms with Gasteiger partial charge in [-0.2, -0.15) is 0 Å². The summed E-state index contributed by atoms with van der Waals surface area (Å²) in [7, 11) is -3.53. The fourth-order valence-corrected chi connectivity index (χ4v) is 2.96. The van der Waals surface area contributed by atoms with Crippen LogP contribution in [-0.4, -0.2) is 33.3 Å². The third-order valence-electron chi connectivity index (χ3n) is 2.77. The number of rotatable bonds is 6. The van der Waals surface area contributed by atoms with Gasteiger partial charge in [0.1, 0.15) is 6.54 Å². The molecule has 0 aliphatic carbocycles. The van der Waals surface area contributed by atoms with Gasteiger partial charge >= 0.3 is 5.97 Å². The Bertz CT molecular complexity index is 561. The Balaban J connectivity index is 3.20. The number of carbonyl (C=O) groups excluding carboxylic acids is 1. The molecule has 20 heavy (non-hydrogen) atoms. The standard InChI is InChI=1S/C14H21NO4S/c1-5-19-14(16)10-15(20(17,18)6-2)13-8-11(3)7-12(4)9-13/h7-9H,5-6,10H2,1-4H3. The van der Waals surface area contributed by atoms with E-state index >= 15 is 0 Å². The maximum atomic E-state index is 12.2. The van der Waals surface area contributed by atoms with Crippen LogP contribution in [0.4, 0.5) is 5.69 Å². The summed E-state index contributed by atoms with van der Waals surface area (Å²) in [4.78, 5) is 11.6. The first-order valence-electron chi connectivity index (χ1n) is 6.54. The third kappa shape index (κ3) is 4.23. The number of anilines is 1. The second-order valence-electron chi connectivity index (χ2n) is 4.56. The Morgan fingerprint density at radius 2 is 1.70 bits per heavy atom. The van der Waals surface area contributed by atoms with Crippen LogP contribution in [0.1, 0.15) is 25.0 Å². The molecule has 0 fully saturated rings. The van der Waals surface area contributed by atoms with Gasteiger partial charge in [0.25, 0.3) is 0 Å². The zero-order valence-electron chi connectivity index (χ0n) is 12.3. The number of hydrogen-bond donors (Lipinski definition) is 0. The largest absolute Gasteiger partial charge is 0.465 e. The van der Waals surface area contributed by atoms with E-state index in [1.807, 2.05) is 19.9 Å². The molecule has 0 heterocycles. The lowest BCUT2D eigenvalue weighted by Crippen LogP contribution is -2.37. The fraction of sp³-hybridized carbons (Fsp3) is 0.500. The van der Waals surface area contributed by atoms with Crippen LogP contribution in [0.15, 0.2) is 18.2 Å². The summed E-state index contributed by atoms with van der Waals surface area (Å²) >= 11 is 0. The van der Waals surface area contributed by atoms with Crippen LogP contribution in [0, 0.1) is 13.8 Å². The van der Waals surface area contributed by atoms with Crippen LogP contribution in [0.3, 0.4) is 0 Å². The highest BCUT2D eigenvalue weighted by Crippen LogP contribution is 2.22. The number of hydrogen-bond acceptors (Lipinski definition) is 4. The number of sulfonamides is 1. The topological polar surface area (TPSA) is 63.7 Å². The molecule has 0 atom stereocenters. The average Bonchev–Trinajstić information content (AvgIpc) is 2.35. The molecule has 0 radical (unpaired) electrons. The molecule has 1 rings (SSSR count). The second-order valence-corrected chi connectivity index (χ2v) is 6.74. The first-order valence-corrected chi connectivity index (χ1v) is 8.15. The van der Waals surface area contributed by atoms with Crippen LogP contribution >= 0.6 is 0 Å². The molecule has 0 aliphatic rings. The zero-order chi connectivity index (χ0) is 15.3. The molecular formula is C14H21NO4S. The number of aryl methyl sites for hydroxylation is 2. The van der Waals surface area contributed by atoms with E-state index in [-0.39, 0.29) is 18.9 Å². The van der Waals surface area contributed by atoms with Gasteiger partial charge in [0.2, 0.25) is 10.0 Å². The van der Waals surface area contributed by atoms with Crippen molar-refractivity contribution < 1.29 is 17.9 Å². The molecule has 0 unspecified atom stereocenters. The van der Waals surface area contributed by atoms with Crippen molar-refractivity contribution in [3.63, 3.8) is 0 Å². The number of benzene rings is 1. The minimum Gasteiger partial charge on any atom is -0.465 e. The lowest BCUT2D eigenvalue weighted by molar-refractivity contribution is -0.141. The third-order valence-corrected chi connectivity index (χ3v) is 4.51. The van der Waals surface area contributed by atoms with E-state index in [1.54, 1.807) is 26.0 Å². The summed E-state index contributed by atoms with van der Waals surface area (Å²) in [5.74, 6) is -0.622. The highest BCUT2D eigenvalue weighted by Gasteiger charge is 2.24. The lowest BCUT2D eigenvalue weighted by Gasteiger charge is -2.23. The van der Waals surface area contributed by atoms with Gasteiger partial charge in [-0.3, -0.25) is 9.10 Å². The molecule has 0 bridgehead atoms. The van der Waals surface area contributed by atoms with Crippen molar-refractivity contribution in [2.45, 2.75) is 27.7 Å². The first-order chi connectivity index (χ1) is 9.30. The summed E-state index contributed by atoms with van der Waals surface area (Å²) in [6.07, 6.45) is 0. The van der Waals surface area contributed by atoms with Crippen molar-refractivity contribution in [1.82, 2.24) is 0 Å². The van der Waals surface area contributed by atoms with E-state index in [4.69, 9.17) is 4.74 Å². The molecule has 0 saturated carbocycles. The Hall–Kier alpha value is -1.56. The number of ether oxygens (including phenoxy) is 1. The fourth-order valence-electron chi connectivity index (χ4n) is 1.92. The lowest BCUT2D eigenvalue weighted by atomic mass is 10.1. The summed E-state index contributed by atoms with van der Waals surface area (Å²) in [6.45, 7) is 6.94. The first kappa shape index (κ1) is 16.5. The van der Waals surface area contributed by atoms with Gasteiger partial charge in [0.15, 0.2) is 0 Å². The van der Waals surface area contributed by atoms with Crippen molar-refractivity contribution in [1.29, 1.82) is 0 Å². The molecular weight excluding hydrogens is 278 g/mol. The van der Waals surface area contributed by atoms with Gasteiger partial charge in [0, 0.05) is 0 Å². The molecule has 0 spiro atoms. The minimum atomic E-state index is -3.53. The number of carbonyl (C=O) groups is 1. The van der Waals surface area contributed by atoms with Crippen molar-refractivity contribution in [3.8, 4) is 0 Å². The predicted octanol–water partition coefficient (Wildman–Crippen LogP) is 2.02. The quantitative estimate of drug-likeness (QED) is 0.754. The van der Waals surface area contributed by atoms with Gasteiger partial charge in [0.05, 0.1) is 18.0 Å². The van der Waals surface area contributed by atoms with Gasteiger partial charge in [-0.1, -0.05) is 6.07 Å². The van der Waals surface area contributed by atoms with Crippen molar-refractivity contribution in [3.05, 3.63) is 29.3 Å². The maximum absolute atomic E-state index is 12.2. The molecule has 0 N–H and O–H groups in total. The average molecular weight is 299 g/mol. The van der Waals surface area contributed by atoms with Crippen LogP contribution in [0.2, 0.25) is 0 Å². The van der Waals surface area contributed by atoms with Crippen molar-refractivity contribution >= 4 is 21.7 Å². The maximum Gasteiger partial charge on any atom is 0.326 e. The van der Waals surface area contributed by atoms with E-state index < -0.39 is 16.0 Å². The summed E-state index contributed by atoms with van der Waals surface area (Å²) in [5.41, 5.74) is 2.39. The molecule has 0 aliphatic heterocycles. The highest BCUT2D eigenvalue weighted by atomic mass is 32.2. The molecule has 6 heteroatoms. The monoisotopic (exact) mass is 299 g/mol. The zero-order valence-corrected chi connectivity index (χ0v) is 13.2. The van der Waals surface area contributed by atoms with E-state index in [1.165, 1.54) is 0 Å². The number of esters is 1. The van der Waals surface area contributed by atoms with Crippen LogP contribution in [0.25, 0.3) is 0 Å². The Labute approximate surface area is 120 Å². The molecule has 0 aromatic heterocycles.